The third kappa shape index (κ3) is 2.55. The SMILES string of the molecule is CC1CC(C(=O)O)=CCC2C3(C)CCCC(C)(C)C3CCC12C(=O)O. The smallest absolute Gasteiger partial charge is 0.331 e. The highest BCUT2D eigenvalue weighted by molar-refractivity contribution is 5.87. The minimum absolute atomic E-state index is 0.0164. The number of hydrogen-bond donors (Lipinski definition) is 2. The monoisotopic (exact) mass is 348 g/mol. The second-order valence-corrected chi connectivity index (χ2v) is 9.71. The van der Waals surface area contributed by atoms with Gasteiger partial charge in [0.05, 0.1) is 5.41 Å². The summed E-state index contributed by atoms with van der Waals surface area (Å²) in [5.74, 6) is -1.23. The third-order valence-electron chi connectivity index (χ3n) is 8.22. The zero-order chi connectivity index (χ0) is 18.6. The highest BCUT2D eigenvalue weighted by Gasteiger charge is 2.64. The molecule has 0 bridgehead atoms. The van der Waals surface area contributed by atoms with Crippen LogP contribution in [0.25, 0.3) is 0 Å². The second-order valence-electron chi connectivity index (χ2n) is 9.71. The van der Waals surface area contributed by atoms with Crippen LogP contribution >= 0.6 is 0 Å². The van der Waals surface area contributed by atoms with Gasteiger partial charge in [0.25, 0.3) is 0 Å². The van der Waals surface area contributed by atoms with E-state index < -0.39 is 17.4 Å². The Morgan fingerprint density at radius 1 is 1.08 bits per heavy atom. The molecule has 0 aliphatic heterocycles. The molecule has 140 valence electrons. The summed E-state index contributed by atoms with van der Waals surface area (Å²) in [5, 5.41) is 19.8. The summed E-state index contributed by atoms with van der Waals surface area (Å²) in [7, 11) is 0. The van der Waals surface area contributed by atoms with Crippen molar-refractivity contribution in [1.29, 1.82) is 0 Å². The standard InChI is InChI=1S/C21H32O4/c1-13-12-14(17(22)23)6-7-16-20(4)10-5-9-19(2,3)15(20)8-11-21(13,16)18(24)25/h6,13,15-16H,5,7-12H2,1-4H3,(H,22,23)(H,24,25). The van der Waals surface area contributed by atoms with Crippen LogP contribution in [0.15, 0.2) is 11.6 Å². The number of carbonyl (C=O) groups is 2. The van der Waals surface area contributed by atoms with E-state index in [0.29, 0.717) is 30.8 Å². The van der Waals surface area contributed by atoms with Crippen LogP contribution in [0.5, 0.6) is 0 Å². The quantitative estimate of drug-likeness (QED) is 0.756. The lowest BCUT2D eigenvalue weighted by Crippen LogP contribution is -2.59. The normalized spacial score (nSPS) is 43.2. The molecule has 0 aromatic heterocycles. The molecule has 3 aliphatic carbocycles. The Kier molecular flexibility index (Phi) is 4.32. The van der Waals surface area contributed by atoms with Gasteiger partial charge in [-0.2, -0.15) is 0 Å². The summed E-state index contributed by atoms with van der Waals surface area (Å²) < 4.78 is 0. The molecule has 3 aliphatic rings. The van der Waals surface area contributed by atoms with Crippen molar-refractivity contribution in [2.24, 2.45) is 34.0 Å². The first-order chi connectivity index (χ1) is 11.6. The van der Waals surface area contributed by atoms with Crippen LogP contribution < -0.4 is 0 Å². The summed E-state index contributed by atoms with van der Waals surface area (Å²) in [5.41, 5.74) is -0.200. The zero-order valence-electron chi connectivity index (χ0n) is 16.0. The number of carboxylic acid groups (broad SMARTS) is 2. The molecule has 2 saturated carbocycles. The van der Waals surface area contributed by atoms with Crippen LogP contribution in [-0.4, -0.2) is 22.2 Å². The van der Waals surface area contributed by atoms with Crippen molar-refractivity contribution in [2.45, 2.75) is 72.6 Å². The predicted octanol–water partition coefficient (Wildman–Crippen LogP) is 4.74. The molecule has 0 aromatic rings. The molecule has 5 atom stereocenters. The molecule has 0 amide bonds. The van der Waals surface area contributed by atoms with Gasteiger partial charge in [0, 0.05) is 5.57 Å². The molecule has 0 saturated heterocycles. The highest BCUT2D eigenvalue weighted by Crippen LogP contribution is 2.67. The van der Waals surface area contributed by atoms with Crippen LogP contribution in [0.2, 0.25) is 0 Å². The number of fused-ring (bicyclic) bond motifs is 3. The first-order valence-corrected chi connectivity index (χ1v) is 9.71. The Bertz CT molecular complexity index is 619. The van der Waals surface area contributed by atoms with Gasteiger partial charge in [-0.1, -0.05) is 40.2 Å². The lowest BCUT2D eigenvalue weighted by atomic mass is 9.41. The van der Waals surface area contributed by atoms with Crippen molar-refractivity contribution in [3.63, 3.8) is 0 Å². The third-order valence-corrected chi connectivity index (χ3v) is 8.22. The molecule has 5 unspecified atom stereocenters. The Balaban J connectivity index is 2.12. The number of hydrogen-bond acceptors (Lipinski definition) is 2. The molecule has 2 fully saturated rings. The largest absolute Gasteiger partial charge is 0.481 e. The van der Waals surface area contributed by atoms with Gasteiger partial charge in [0.2, 0.25) is 0 Å². The molecular weight excluding hydrogens is 316 g/mol. The molecule has 4 nitrogen and oxygen atoms in total. The average molecular weight is 348 g/mol. The summed E-state index contributed by atoms with van der Waals surface area (Å²) in [6.45, 7) is 8.93. The molecule has 3 rings (SSSR count). The molecule has 0 radical (unpaired) electrons. The minimum Gasteiger partial charge on any atom is -0.481 e. The fourth-order valence-electron chi connectivity index (χ4n) is 7.02. The first kappa shape index (κ1) is 18.5. The Morgan fingerprint density at radius 2 is 1.76 bits per heavy atom. The summed E-state index contributed by atoms with van der Waals surface area (Å²) in [6, 6.07) is 0. The maximum Gasteiger partial charge on any atom is 0.331 e. The number of allylic oxidation sites excluding steroid dienone is 1. The van der Waals surface area contributed by atoms with Gasteiger partial charge in [-0.3, -0.25) is 4.79 Å². The Hall–Kier alpha value is -1.32. The number of rotatable bonds is 2. The topological polar surface area (TPSA) is 74.6 Å². The van der Waals surface area contributed by atoms with Gasteiger partial charge in [-0.25, -0.2) is 4.79 Å². The fraction of sp³-hybridized carbons (Fsp3) is 0.810. The lowest BCUT2D eigenvalue weighted by Gasteiger charge is -2.63. The molecule has 0 heterocycles. The summed E-state index contributed by atoms with van der Waals surface area (Å²) in [6.07, 6.45) is 7.80. The van der Waals surface area contributed by atoms with Crippen molar-refractivity contribution >= 4 is 11.9 Å². The van der Waals surface area contributed by atoms with Crippen LogP contribution in [0.3, 0.4) is 0 Å². The van der Waals surface area contributed by atoms with Crippen molar-refractivity contribution in [3.8, 4) is 0 Å². The van der Waals surface area contributed by atoms with Gasteiger partial charge in [-0.05, 0) is 67.1 Å². The van der Waals surface area contributed by atoms with Crippen molar-refractivity contribution < 1.29 is 19.8 Å². The van der Waals surface area contributed by atoms with E-state index in [2.05, 4.69) is 20.8 Å². The molecule has 2 N–H and O–H groups in total. The molecule has 25 heavy (non-hydrogen) atoms. The van der Waals surface area contributed by atoms with Gasteiger partial charge in [-0.15, -0.1) is 0 Å². The molecular formula is C21H32O4. The van der Waals surface area contributed by atoms with Crippen LogP contribution in [0, 0.1) is 34.0 Å². The maximum atomic E-state index is 12.6. The zero-order valence-corrected chi connectivity index (χ0v) is 16.0. The van der Waals surface area contributed by atoms with Crippen LogP contribution in [-0.2, 0) is 9.59 Å². The number of aliphatic carboxylic acids is 2. The minimum atomic E-state index is -0.892. The summed E-state index contributed by atoms with van der Waals surface area (Å²) in [4.78, 5) is 24.1. The van der Waals surface area contributed by atoms with E-state index in [0.717, 1.165) is 19.3 Å². The molecule has 4 heteroatoms. The van der Waals surface area contributed by atoms with Gasteiger partial charge < -0.3 is 10.2 Å². The lowest BCUT2D eigenvalue weighted by molar-refractivity contribution is -0.186. The van der Waals surface area contributed by atoms with Crippen molar-refractivity contribution in [1.82, 2.24) is 0 Å². The van der Waals surface area contributed by atoms with E-state index in [4.69, 9.17) is 0 Å². The van der Waals surface area contributed by atoms with E-state index in [1.54, 1.807) is 0 Å². The molecule has 0 aromatic carbocycles. The maximum absolute atomic E-state index is 12.6. The van der Waals surface area contributed by atoms with Gasteiger partial charge in [0.15, 0.2) is 0 Å². The predicted molar refractivity (Wildman–Crippen MR) is 96.1 cm³/mol. The van der Waals surface area contributed by atoms with Gasteiger partial charge in [0.1, 0.15) is 0 Å². The fourth-order valence-corrected chi connectivity index (χ4v) is 7.02. The van der Waals surface area contributed by atoms with Gasteiger partial charge >= 0.3 is 11.9 Å². The Morgan fingerprint density at radius 3 is 2.36 bits per heavy atom. The highest BCUT2D eigenvalue weighted by atomic mass is 16.4. The van der Waals surface area contributed by atoms with E-state index in [9.17, 15) is 19.8 Å². The first-order valence-electron chi connectivity index (χ1n) is 9.71. The number of carboxylic acids is 2. The summed E-state index contributed by atoms with van der Waals surface area (Å²) >= 11 is 0. The van der Waals surface area contributed by atoms with E-state index >= 15 is 0 Å². The van der Waals surface area contributed by atoms with Crippen molar-refractivity contribution in [3.05, 3.63) is 11.6 Å². The second kappa shape index (κ2) is 5.85. The molecule has 0 spiro atoms. The van der Waals surface area contributed by atoms with E-state index in [-0.39, 0.29) is 22.7 Å². The van der Waals surface area contributed by atoms with E-state index in [1.807, 2.05) is 13.0 Å². The Labute approximate surface area is 150 Å². The van der Waals surface area contributed by atoms with Crippen LogP contribution in [0.1, 0.15) is 72.6 Å². The van der Waals surface area contributed by atoms with E-state index in [1.165, 1.54) is 6.42 Å². The van der Waals surface area contributed by atoms with Crippen LogP contribution in [0.4, 0.5) is 0 Å². The van der Waals surface area contributed by atoms with Crippen molar-refractivity contribution in [2.75, 3.05) is 0 Å². The average Bonchev–Trinajstić information content (AvgIpc) is 2.65.